The molecule has 0 aliphatic carbocycles. The van der Waals surface area contributed by atoms with Crippen LogP contribution in [0.15, 0.2) is 0 Å². The molecule has 0 aliphatic heterocycles. The number of aliphatic hydroxyl groups excluding tert-OH is 1. The van der Waals surface area contributed by atoms with Crippen molar-refractivity contribution in [1.82, 2.24) is 4.90 Å². The Bertz CT molecular complexity index is 249. The van der Waals surface area contributed by atoms with E-state index in [4.69, 9.17) is 19.3 Å². The molecule has 0 rings (SSSR count). The molecule has 1 atom stereocenters. The van der Waals surface area contributed by atoms with Crippen molar-refractivity contribution in [2.45, 2.75) is 27.1 Å². The summed E-state index contributed by atoms with van der Waals surface area (Å²) in [6.07, 6.45) is -0.816. The topological polar surface area (TPSA) is 85.3 Å². The van der Waals surface area contributed by atoms with Gasteiger partial charge in [0.15, 0.2) is 6.29 Å². The molecule has 0 fully saturated rings. The molecular formula is C12H23NO6. The molecular weight excluding hydrogens is 254 g/mol. The highest BCUT2D eigenvalue weighted by molar-refractivity contribution is 5.66. The van der Waals surface area contributed by atoms with Gasteiger partial charge in [0.05, 0.1) is 6.61 Å². The van der Waals surface area contributed by atoms with Crippen molar-refractivity contribution in [3.8, 4) is 0 Å². The summed E-state index contributed by atoms with van der Waals surface area (Å²) < 4.78 is 14.7. The van der Waals surface area contributed by atoms with Crippen LogP contribution in [0.25, 0.3) is 0 Å². The van der Waals surface area contributed by atoms with Gasteiger partial charge in [-0.25, -0.2) is 0 Å². The predicted molar refractivity (Wildman–Crippen MR) is 67.3 cm³/mol. The van der Waals surface area contributed by atoms with Crippen molar-refractivity contribution in [2.75, 3.05) is 39.5 Å². The molecule has 7 nitrogen and oxygen atoms in total. The SMILES string of the molecule is CC(=O)OCCN(CCOC(C)=O)CCOC(C)O. The Hall–Kier alpha value is -1.18. The molecule has 0 radical (unpaired) electrons. The van der Waals surface area contributed by atoms with Gasteiger partial charge < -0.3 is 19.3 Å². The number of nitrogens with zero attached hydrogens (tertiary/aromatic N) is 1. The van der Waals surface area contributed by atoms with Crippen LogP contribution in [-0.2, 0) is 23.8 Å². The fourth-order valence-corrected chi connectivity index (χ4v) is 1.32. The van der Waals surface area contributed by atoms with Gasteiger partial charge in [-0.1, -0.05) is 0 Å². The third-order valence-electron chi connectivity index (χ3n) is 2.19. The Morgan fingerprint density at radius 3 is 1.79 bits per heavy atom. The van der Waals surface area contributed by atoms with E-state index in [1.807, 2.05) is 4.90 Å². The molecule has 0 aromatic heterocycles. The molecule has 0 aliphatic rings. The van der Waals surface area contributed by atoms with Crippen molar-refractivity contribution in [3.05, 3.63) is 0 Å². The Labute approximate surface area is 113 Å². The maximum atomic E-state index is 10.7. The maximum Gasteiger partial charge on any atom is 0.302 e. The van der Waals surface area contributed by atoms with Crippen molar-refractivity contribution >= 4 is 11.9 Å². The molecule has 7 heteroatoms. The van der Waals surface area contributed by atoms with Crippen LogP contribution >= 0.6 is 0 Å². The maximum absolute atomic E-state index is 10.7. The second-order valence-corrected chi connectivity index (χ2v) is 3.99. The van der Waals surface area contributed by atoms with Gasteiger partial charge in [0.25, 0.3) is 0 Å². The lowest BCUT2D eigenvalue weighted by Crippen LogP contribution is -2.35. The van der Waals surface area contributed by atoms with E-state index >= 15 is 0 Å². The normalized spacial score (nSPS) is 12.3. The number of aliphatic hydroxyl groups is 1. The molecule has 0 spiro atoms. The lowest BCUT2D eigenvalue weighted by molar-refractivity contribution is -0.141. The highest BCUT2D eigenvalue weighted by Crippen LogP contribution is 1.93. The van der Waals surface area contributed by atoms with Crippen LogP contribution in [0.4, 0.5) is 0 Å². The largest absolute Gasteiger partial charge is 0.465 e. The van der Waals surface area contributed by atoms with Crippen LogP contribution in [-0.4, -0.2) is 67.7 Å². The number of hydrogen-bond donors (Lipinski definition) is 1. The second kappa shape index (κ2) is 10.7. The van der Waals surface area contributed by atoms with Crippen LogP contribution in [0.1, 0.15) is 20.8 Å². The number of carbonyl (C=O) groups excluding carboxylic acids is 2. The van der Waals surface area contributed by atoms with Crippen LogP contribution in [0.3, 0.4) is 0 Å². The van der Waals surface area contributed by atoms with E-state index < -0.39 is 6.29 Å². The number of rotatable bonds is 10. The van der Waals surface area contributed by atoms with E-state index in [1.54, 1.807) is 0 Å². The molecule has 0 saturated carbocycles. The fraction of sp³-hybridized carbons (Fsp3) is 0.833. The van der Waals surface area contributed by atoms with Gasteiger partial charge in [0, 0.05) is 33.5 Å². The first kappa shape index (κ1) is 17.8. The zero-order valence-corrected chi connectivity index (χ0v) is 11.8. The zero-order chi connectivity index (χ0) is 14.7. The van der Waals surface area contributed by atoms with E-state index in [1.165, 1.54) is 20.8 Å². The summed E-state index contributed by atoms with van der Waals surface area (Å²) >= 11 is 0. The standard InChI is InChI=1S/C12H23NO6/c1-10(14)17-7-4-13(5-8-18-11(2)15)6-9-19-12(3)16/h10,14H,4-9H2,1-3H3. The van der Waals surface area contributed by atoms with E-state index in [0.717, 1.165) is 0 Å². The lowest BCUT2D eigenvalue weighted by Gasteiger charge is -2.22. The average molecular weight is 277 g/mol. The van der Waals surface area contributed by atoms with Gasteiger partial charge in [0.2, 0.25) is 0 Å². The number of ether oxygens (including phenoxy) is 3. The molecule has 1 unspecified atom stereocenters. The third-order valence-corrected chi connectivity index (χ3v) is 2.19. The molecule has 112 valence electrons. The lowest BCUT2D eigenvalue weighted by atomic mass is 10.4. The van der Waals surface area contributed by atoms with Gasteiger partial charge in [-0.15, -0.1) is 0 Å². The van der Waals surface area contributed by atoms with Crippen LogP contribution in [0.2, 0.25) is 0 Å². The first-order valence-electron chi connectivity index (χ1n) is 6.20. The Morgan fingerprint density at radius 2 is 1.42 bits per heavy atom. The molecule has 0 amide bonds. The Morgan fingerprint density at radius 1 is 1.00 bits per heavy atom. The second-order valence-electron chi connectivity index (χ2n) is 3.99. The Kier molecular flexibility index (Phi) is 10.1. The monoisotopic (exact) mass is 277 g/mol. The van der Waals surface area contributed by atoms with Gasteiger partial charge in [-0.05, 0) is 6.92 Å². The van der Waals surface area contributed by atoms with Crippen LogP contribution in [0.5, 0.6) is 0 Å². The van der Waals surface area contributed by atoms with Crippen molar-refractivity contribution in [3.63, 3.8) is 0 Å². The molecule has 1 N–H and O–H groups in total. The minimum atomic E-state index is -0.816. The van der Waals surface area contributed by atoms with Gasteiger partial charge in [-0.2, -0.15) is 0 Å². The molecule has 0 saturated heterocycles. The number of carbonyl (C=O) groups is 2. The predicted octanol–water partition coefficient (Wildman–Crippen LogP) is -0.230. The summed E-state index contributed by atoms with van der Waals surface area (Å²) in [5, 5.41) is 8.98. The number of hydrogen-bond acceptors (Lipinski definition) is 7. The summed E-state index contributed by atoms with van der Waals surface area (Å²) in [4.78, 5) is 23.3. The summed E-state index contributed by atoms with van der Waals surface area (Å²) in [6.45, 7) is 6.69. The van der Waals surface area contributed by atoms with Crippen molar-refractivity contribution in [1.29, 1.82) is 0 Å². The summed E-state index contributed by atoms with van der Waals surface area (Å²) in [6, 6.07) is 0. The first-order chi connectivity index (χ1) is 8.91. The van der Waals surface area contributed by atoms with Crippen LogP contribution < -0.4 is 0 Å². The van der Waals surface area contributed by atoms with Gasteiger partial charge in [-0.3, -0.25) is 14.5 Å². The Balaban J connectivity index is 3.91. The van der Waals surface area contributed by atoms with E-state index in [9.17, 15) is 9.59 Å². The van der Waals surface area contributed by atoms with E-state index in [2.05, 4.69) is 0 Å². The summed E-state index contributed by atoms with van der Waals surface area (Å²) in [5.74, 6) is -0.666. The quantitative estimate of drug-likeness (QED) is 0.436. The minimum Gasteiger partial charge on any atom is -0.465 e. The highest BCUT2D eigenvalue weighted by Gasteiger charge is 2.07. The van der Waals surface area contributed by atoms with Crippen LogP contribution in [0, 0.1) is 0 Å². The van der Waals surface area contributed by atoms with Gasteiger partial charge >= 0.3 is 11.9 Å². The fourth-order valence-electron chi connectivity index (χ4n) is 1.32. The molecule has 0 heterocycles. The molecule has 0 bridgehead atoms. The molecule has 19 heavy (non-hydrogen) atoms. The minimum absolute atomic E-state index is 0.268. The first-order valence-corrected chi connectivity index (χ1v) is 6.20. The molecule has 0 aromatic rings. The summed E-state index contributed by atoms with van der Waals surface area (Å²) in [5.41, 5.74) is 0. The molecule has 0 aromatic carbocycles. The smallest absolute Gasteiger partial charge is 0.302 e. The van der Waals surface area contributed by atoms with E-state index in [-0.39, 0.29) is 25.2 Å². The van der Waals surface area contributed by atoms with Crippen molar-refractivity contribution < 1.29 is 28.9 Å². The van der Waals surface area contributed by atoms with Gasteiger partial charge in [0.1, 0.15) is 13.2 Å². The third kappa shape index (κ3) is 13.1. The van der Waals surface area contributed by atoms with Crippen molar-refractivity contribution in [2.24, 2.45) is 0 Å². The highest BCUT2D eigenvalue weighted by atomic mass is 16.6. The van der Waals surface area contributed by atoms with E-state index in [0.29, 0.717) is 26.2 Å². The zero-order valence-electron chi connectivity index (χ0n) is 11.8. The number of esters is 2. The average Bonchev–Trinajstić information content (AvgIpc) is 2.26. The summed E-state index contributed by atoms with van der Waals surface area (Å²) in [7, 11) is 0.